The Balaban J connectivity index is 1.86. The van der Waals surface area contributed by atoms with E-state index >= 15 is 0 Å². The second kappa shape index (κ2) is 6.23. The Kier molecular flexibility index (Phi) is 3.97. The number of para-hydroxylation sites is 1. The average Bonchev–Trinajstić information content (AvgIpc) is 2.55. The number of carboxylic acids is 1. The van der Waals surface area contributed by atoms with Crippen molar-refractivity contribution in [3.63, 3.8) is 0 Å². The molecule has 3 N–H and O–H groups in total. The van der Waals surface area contributed by atoms with Gasteiger partial charge in [-0.15, -0.1) is 0 Å². The van der Waals surface area contributed by atoms with Crippen LogP contribution in [0.5, 0.6) is 11.5 Å². The number of rotatable bonds is 4. The molecule has 1 aliphatic rings. The summed E-state index contributed by atoms with van der Waals surface area (Å²) in [6.07, 6.45) is 1.45. The molecule has 1 heterocycles. The van der Waals surface area contributed by atoms with Crippen LogP contribution in [-0.2, 0) is 4.79 Å². The minimum Gasteiger partial charge on any atom is -0.477 e. The molecule has 6 nitrogen and oxygen atoms in total. The lowest BCUT2D eigenvalue weighted by atomic mass is 10.0. The fourth-order valence-electron chi connectivity index (χ4n) is 2.25. The van der Waals surface area contributed by atoms with Crippen molar-refractivity contribution >= 4 is 12.0 Å². The van der Waals surface area contributed by atoms with Crippen LogP contribution < -0.4 is 15.4 Å². The van der Waals surface area contributed by atoms with Crippen LogP contribution in [0.15, 0.2) is 66.4 Å². The zero-order chi connectivity index (χ0) is 16.2. The van der Waals surface area contributed by atoms with Gasteiger partial charge in [0.05, 0.1) is 6.04 Å². The van der Waals surface area contributed by atoms with E-state index in [2.05, 4.69) is 10.6 Å². The van der Waals surface area contributed by atoms with E-state index in [1.54, 1.807) is 24.3 Å². The Morgan fingerprint density at radius 1 is 1.04 bits per heavy atom. The number of carboxylic acid groups (broad SMARTS) is 1. The van der Waals surface area contributed by atoms with Crippen LogP contribution in [0.2, 0.25) is 0 Å². The third kappa shape index (κ3) is 3.49. The monoisotopic (exact) mass is 310 g/mol. The normalized spacial score (nSPS) is 16.8. The summed E-state index contributed by atoms with van der Waals surface area (Å²) in [4.78, 5) is 22.6. The molecule has 3 rings (SSSR count). The van der Waals surface area contributed by atoms with E-state index < -0.39 is 18.0 Å². The molecule has 2 aromatic rings. The summed E-state index contributed by atoms with van der Waals surface area (Å²) in [6.45, 7) is 0. The first-order valence-corrected chi connectivity index (χ1v) is 6.97. The Morgan fingerprint density at radius 3 is 2.52 bits per heavy atom. The summed E-state index contributed by atoms with van der Waals surface area (Å²) in [6, 6.07) is 15.4. The maximum absolute atomic E-state index is 11.6. The Hall–Kier alpha value is -3.28. The predicted octanol–water partition coefficient (Wildman–Crippen LogP) is 2.80. The SMILES string of the molecule is O=C1NC(C(=O)O)=CC(c2cccc(Oc3ccccc3)c2)N1. The molecule has 0 spiro atoms. The first kappa shape index (κ1) is 14.6. The molecule has 0 saturated heterocycles. The molecule has 0 aromatic heterocycles. The van der Waals surface area contributed by atoms with Crippen molar-refractivity contribution in [3.05, 3.63) is 71.9 Å². The highest BCUT2D eigenvalue weighted by atomic mass is 16.5. The number of aliphatic carboxylic acids is 1. The van der Waals surface area contributed by atoms with Crippen LogP contribution in [0, 0.1) is 0 Å². The molecule has 0 bridgehead atoms. The van der Waals surface area contributed by atoms with Gasteiger partial charge in [0, 0.05) is 0 Å². The van der Waals surface area contributed by atoms with Crippen molar-refractivity contribution < 1.29 is 19.4 Å². The molecule has 6 heteroatoms. The van der Waals surface area contributed by atoms with Gasteiger partial charge in [0.15, 0.2) is 0 Å². The maximum atomic E-state index is 11.6. The van der Waals surface area contributed by atoms with Crippen molar-refractivity contribution in [2.24, 2.45) is 0 Å². The number of amides is 2. The molecule has 0 radical (unpaired) electrons. The zero-order valence-corrected chi connectivity index (χ0v) is 12.0. The second-order valence-electron chi connectivity index (χ2n) is 4.95. The van der Waals surface area contributed by atoms with Crippen molar-refractivity contribution in [1.82, 2.24) is 10.6 Å². The number of urea groups is 1. The van der Waals surface area contributed by atoms with Crippen molar-refractivity contribution in [1.29, 1.82) is 0 Å². The smallest absolute Gasteiger partial charge is 0.352 e. The third-order valence-corrected chi connectivity index (χ3v) is 3.29. The first-order valence-electron chi connectivity index (χ1n) is 6.97. The predicted molar refractivity (Wildman–Crippen MR) is 83.1 cm³/mol. The summed E-state index contributed by atoms with van der Waals surface area (Å²) in [5.74, 6) is 0.120. The molecule has 23 heavy (non-hydrogen) atoms. The molecule has 1 unspecified atom stereocenters. The summed E-state index contributed by atoms with van der Waals surface area (Å²) in [5, 5.41) is 13.9. The van der Waals surface area contributed by atoms with E-state index in [9.17, 15) is 9.59 Å². The van der Waals surface area contributed by atoms with Crippen LogP contribution >= 0.6 is 0 Å². The zero-order valence-electron chi connectivity index (χ0n) is 12.0. The van der Waals surface area contributed by atoms with Gasteiger partial charge in [-0.25, -0.2) is 9.59 Å². The van der Waals surface area contributed by atoms with Crippen molar-refractivity contribution in [2.45, 2.75) is 6.04 Å². The van der Waals surface area contributed by atoms with Crippen molar-refractivity contribution in [2.75, 3.05) is 0 Å². The fourth-order valence-corrected chi connectivity index (χ4v) is 2.25. The number of nitrogens with one attached hydrogen (secondary N) is 2. The highest BCUT2D eigenvalue weighted by Crippen LogP contribution is 2.26. The van der Waals surface area contributed by atoms with Gasteiger partial charge in [-0.05, 0) is 35.9 Å². The van der Waals surface area contributed by atoms with Gasteiger partial charge in [0.2, 0.25) is 0 Å². The van der Waals surface area contributed by atoms with Gasteiger partial charge >= 0.3 is 12.0 Å². The van der Waals surface area contributed by atoms with E-state index in [0.717, 1.165) is 5.56 Å². The number of hydrogen-bond acceptors (Lipinski definition) is 3. The maximum Gasteiger partial charge on any atom is 0.352 e. The molecule has 1 aliphatic heterocycles. The molecule has 2 aromatic carbocycles. The van der Waals surface area contributed by atoms with Crippen LogP contribution in [0.4, 0.5) is 4.79 Å². The lowest BCUT2D eigenvalue weighted by molar-refractivity contribution is -0.133. The molecular formula is C17H14N2O4. The van der Waals surface area contributed by atoms with Crippen LogP contribution in [0.25, 0.3) is 0 Å². The highest BCUT2D eigenvalue weighted by molar-refractivity contribution is 5.93. The Morgan fingerprint density at radius 2 is 1.78 bits per heavy atom. The third-order valence-electron chi connectivity index (χ3n) is 3.29. The molecule has 0 aliphatic carbocycles. The molecule has 0 saturated carbocycles. The lowest BCUT2D eigenvalue weighted by Gasteiger charge is -2.22. The molecular weight excluding hydrogens is 296 g/mol. The van der Waals surface area contributed by atoms with Crippen LogP contribution in [0.1, 0.15) is 11.6 Å². The van der Waals surface area contributed by atoms with E-state index in [1.165, 1.54) is 6.08 Å². The van der Waals surface area contributed by atoms with Crippen molar-refractivity contribution in [3.8, 4) is 11.5 Å². The van der Waals surface area contributed by atoms with Gasteiger partial charge in [-0.2, -0.15) is 0 Å². The minimum atomic E-state index is -1.18. The van der Waals surface area contributed by atoms with E-state index in [4.69, 9.17) is 9.84 Å². The standard InChI is InChI=1S/C17H14N2O4/c20-16(21)15-10-14(18-17(22)19-15)11-5-4-8-13(9-11)23-12-6-2-1-3-7-12/h1-10,14H,(H,20,21)(H2,18,19,22). The number of hydrogen-bond donors (Lipinski definition) is 3. The average molecular weight is 310 g/mol. The molecule has 1 atom stereocenters. The summed E-state index contributed by atoms with van der Waals surface area (Å²) in [5.41, 5.74) is 0.583. The largest absolute Gasteiger partial charge is 0.477 e. The second-order valence-corrected chi connectivity index (χ2v) is 4.95. The van der Waals surface area contributed by atoms with Gasteiger partial charge in [0.1, 0.15) is 17.2 Å². The molecule has 116 valence electrons. The first-order chi connectivity index (χ1) is 11.1. The quantitative estimate of drug-likeness (QED) is 0.810. The summed E-state index contributed by atoms with van der Waals surface area (Å²) >= 11 is 0. The Labute approximate surface area is 132 Å². The molecule has 0 fully saturated rings. The number of carbonyl (C=O) groups is 2. The summed E-state index contributed by atoms with van der Waals surface area (Å²) in [7, 11) is 0. The van der Waals surface area contributed by atoms with E-state index in [0.29, 0.717) is 11.5 Å². The van der Waals surface area contributed by atoms with Gasteiger partial charge in [-0.3, -0.25) is 0 Å². The van der Waals surface area contributed by atoms with Crippen LogP contribution in [0.3, 0.4) is 0 Å². The van der Waals surface area contributed by atoms with Gasteiger partial charge in [0.25, 0.3) is 0 Å². The fraction of sp³-hybridized carbons (Fsp3) is 0.0588. The molecule has 2 amide bonds. The highest BCUT2D eigenvalue weighted by Gasteiger charge is 2.23. The van der Waals surface area contributed by atoms with Gasteiger partial charge < -0.3 is 20.5 Å². The van der Waals surface area contributed by atoms with Crippen LogP contribution in [-0.4, -0.2) is 17.1 Å². The number of carbonyl (C=O) groups excluding carboxylic acids is 1. The Bertz CT molecular complexity index is 771. The number of benzene rings is 2. The lowest BCUT2D eigenvalue weighted by Crippen LogP contribution is -2.43. The van der Waals surface area contributed by atoms with E-state index in [1.807, 2.05) is 30.3 Å². The van der Waals surface area contributed by atoms with Gasteiger partial charge in [-0.1, -0.05) is 30.3 Å². The minimum absolute atomic E-state index is 0.145. The van der Waals surface area contributed by atoms with E-state index in [-0.39, 0.29) is 5.70 Å². The summed E-state index contributed by atoms with van der Waals surface area (Å²) < 4.78 is 5.75. The topological polar surface area (TPSA) is 87.7 Å². The number of ether oxygens (including phenoxy) is 1.